The van der Waals surface area contributed by atoms with Crippen LogP contribution in [0.2, 0.25) is 0 Å². The van der Waals surface area contributed by atoms with E-state index in [4.69, 9.17) is 21.3 Å². The summed E-state index contributed by atoms with van der Waals surface area (Å²) in [6.45, 7) is -0.525. The summed E-state index contributed by atoms with van der Waals surface area (Å²) < 4.78 is 31.4. The zero-order valence-electron chi connectivity index (χ0n) is 8.34. The molecule has 0 aliphatic carbocycles. The predicted molar refractivity (Wildman–Crippen MR) is 53.8 cm³/mol. The molecule has 0 rings (SSSR count). The molecule has 0 amide bonds. The Hall–Kier alpha value is 0.0800. The number of aliphatic hydroxyl groups is 1. The Balaban J connectivity index is 0. The zero-order valence-corrected chi connectivity index (χ0v) is 9.92. The van der Waals surface area contributed by atoms with Gasteiger partial charge in [-0.05, 0) is 21.1 Å². The first-order valence-electron chi connectivity index (χ1n) is 3.65. The van der Waals surface area contributed by atoms with Gasteiger partial charge in [-0.2, -0.15) is 8.42 Å². The van der Waals surface area contributed by atoms with Gasteiger partial charge < -0.3 is 10.0 Å². The lowest BCUT2D eigenvalue weighted by atomic mass is 10.4. The van der Waals surface area contributed by atoms with Crippen molar-refractivity contribution >= 4 is 22.0 Å². The maximum atomic E-state index is 9.83. The Morgan fingerprint density at radius 2 is 1.79 bits per heavy atom. The van der Waals surface area contributed by atoms with Gasteiger partial charge in [-0.25, -0.2) is 4.18 Å². The smallest absolute Gasteiger partial charge is 0.389 e. The third-order valence-corrected chi connectivity index (χ3v) is 1.38. The molecule has 0 bridgehead atoms. The van der Waals surface area contributed by atoms with Crippen molar-refractivity contribution in [3.63, 3.8) is 0 Å². The third-order valence-electron chi connectivity index (χ3n) is 0.587. The topological polar surface area (TPSA) is 87.1 Å². The molecule has 14 heavy (non-hydrogen) atoms. The van der Waals surface area contributed by atoms with Gasteiger partial charge in [0.25, 0.3) is 0 Å². The second-order valence-electron chi connectivity index (χ2n) is 2.86. The van der Waals surface area contributed by atoms with Crippen LogP contribution in [0.25, 0.3) is 0 Å². The predicted octanol–water partition coefficient (Wildman–Crippen LogP) is -0.417. The highest BCUT2D eigenvalue weighted by atomic mass is 35.5. The van der Waals surface area contributed by atoms with Crippen molar-refractivity contribution in [1.29, 1.82) is 0 Å². The second kappa shape index (κ2) is 8.39. The fraction of sp³-hybridized carbons (Fsp3) is 1.00. The largest absolute Gasteiger partial charge is 0.397 e. The standard InChI is InChI=1S/C3H7ClO5S.C3H9N/c4-1-3(5)2-9-10(6,7)8;1-4(2)3/h3,5H,1-2H2,(H,6,7,8);1-3H3. The monoisotopic (exact) mass is 249 g/mol. The lowest BCUT2D eigenvalue weighted by Crippen LogP contribution is -2.19. The molecule has 88 valence electrons. The summed E-state index contributed by atoms with van der Waals surface area (Å²) in [5, 5.41) is 8.59. The molecule has 0 aliphatic heterocycles. The van der Waals surface area contributed by atoms with Crippen LogP contribution in [0.1, 0.15) is 0 Å². The van der Waals surface area contributed by atoms with Gasteiger partial charge in [0.1, 0.15) is 0 Å². The van der Waals surface area contributed by atoms with Crippen LogP contribution in [-0.4, -0.2) is 62.7 Å². The van der Waals surface area contributed by atoms with E-state index in [1.807, 2.05) is 26.0 Å². The summed E-state index contributed by atoms with van der Waals surface area (Å²) in [4.78, 5) is 2.00. The van der Waals surface area contributed by atoms with Crippen molar-refractivity contribution in [1.82, 2.24) is 4.90 Å². The van der Waals surface area contributed by atoms with E-state index in [-0.39, 0.29) is 5.88 Å². The van der Waals surface area contributed by atoms with Crippen molar-refractivity contribution in [3.05, 3.63) is 0 Å². The van der Waals surface area contributed by atoms with Crippen LogP contribution in [-0.2, 0) is 14.6 Å². The molecular weight excluding hydrogens is 234 g/mol. The Labute approximate surface area is 89.4 Å². The van der Waals surface area contributed by atoms with Crippen LogP contribution in [0, 0.1) is 0 Å². The van der Waals surface area contributed by atoms with E-state index < -0.39 is 23.1 Å². The Morgan fingerprint density at radius 1 is 1.43 bits per heavy atom. The van der Waals surface area contributed by atoms with Gasteiger partial charge in [-0.3, -0.25) is 4.55 Å². The molecule has 1 atom stereocenters. The highest BCUT2D eigenvalue weighted by molar-refractivity contribution is 7.80. The molecule has 0 fully saturated rings. The van der Waals surface area contributed by atoms with Crippen molar-refractivity contribution in [3.8, 4) is 0 Å². The average Bonchev–Trinajstić information content (AvgIpc) is 1.97. The van der Waals surface area contributed by atoms with Gasteiger partial charge in [0.2, 0.25) is 0 Å². The molecule has 0 radical (unpaired) electrons. The van der Waals surface area contributed by atoms with Crippen molar-refractivity contribution in [2.45, 2.75) is 6.10 Å². The lowest BCUT2D eigenvalue weighted by Gasteiger charge is -2.03. The molecule has 0 heterocycles. The first-order chi connectivity index (χ1) is 6.19. The van der Waals surface area contributed by atoms with Gasteiger partial charge in [-0.1, -0.05) is 0 Å². The first kappa shape index (κ1) is 16.5. The van der Waals surface area contributed by atoms with E-state index in [9.17, 15) is 8.42 Å². The molecule has 2 N–H and O–H groups in total. The molecule has 1 unspecified atom stereocenters. The van der Waals surface area contributed by atoms with Crippen molar-refractivity contribution < 1.29 is 22.3 Å². The average molecular weight is 250 g/mol. The molecule has 0 aromatic heterocycles. The van der Waals surface area contributed by atoms with Crippen LogP contribution in [0.15, 0.2) is 0 Å². The van der Waals surface area contributed by atoms with Crippen LogP contribution in [0.3, 0.4) is 0 Å². The summed E-state index contributed by atoms with van der Waals surface area (Å²) >= 11 is 5.07. The second-order valence-corrected chi connectivity index (χ2v) is 4.26. The summed E-state index contributed by atoms with van der Waals surface area (Å²) in [5.41, 5.74) is 0. The quantitative estimate of drug-likeness (QED) is 0.520. The van der Waals surface area contributed by atoms with Gasteiger partial charge >= 0.3 is 10.4 Å². The van der Waals surface area contributed by atoms with Crippen LogP contribution < -0.4 is 0 Å². The minimum Gasteiger partial charge on any atom is -0.389 e. The molecular formula is C6H16ClNO5S. The molecule has 0 aromatic rings. The first-order valence-corrected chi connectivity index (χ1v) is 5.55. The summed E-state index contributed by atoms with van der Waals surface area (Å²) in [6, 6.07) is 0. The molecule has 6 nitrogen and oxygen atoms in total. The number of alkyl halides is 1. The SMILES string of the molecule is CN(C)C.O=S(=O)(O)OCC(O)CCl. The number of halogens is 1. The maximum Gasteiger partial charge on any atom is 0.397 e. The van der Waals surface area contributed by atoms with Crippen LogP contribution >= 0.6 is 11.6 Å². The maximum absolute atomic E-state index is 9.83. The van der Waals surface area contributed by atoms with Crippen LogP contribution in [0.4, 0.5) is 0 Å². The highest BCUT2D eigenvalue weighted by Crippen LogP contribution is 1.92. The van der Waals surface area contributed by atoms with E-state index in [2.05, 4.69) is 4.18 Å². The number of hydrogen-bond donors (Lipinski definition) is 2. The Bertz CT molecular complexity index is 216. The minimum absolute atomic E-state index is 0.143. The third kappa shape index (κ3) is 22.7. The highest BCUT2D eigenvalue weighted by Gasteiger charge is 2.08. The molecule has 0 spiro atoms. The molecule has 0 aliphatic rings. The lowest BCUT2D eigenvalue weighted by molar-refractivity contribution is 0.120. The van der Waals surface area contributed by atoms with E-state index in [0.29, 0.717) is 0 Å². The fourth-order valence-electron chi connectivity index (χ4n) is 0.209. The molecule has 0 saturated carbocycles. The van der Waals surface area contributed by atoms with Gasteiger partial charge in [-0.15, -0.1) is 11.6 Å². The number of hydrogen-bond acceptors (Lipinski definition) is 5. The van der Waals surface area contributed by atoms with Crippen molar-refractivity contribution in [2.24, 2.45) is 0 Å². The van der Waals surface area contributed by atoms with E-state index >= 15 is 0 Å². The minimum atomic E-state index is -4.45. The summed E-state index contributed by atoms with van der Waals surface area (Å²) in [5.74, 6) is -0.143. The van der Waals surface area contributed by atoms with E-state index in [1.54, 1.807) is 0 Å². The molecule has 0 saturated heterocycles. The summed E-state index contributed by atoms with van der Waals surface area (Å²) in [6.07, 6.45) is -1.08. The van der Waals surface area contributed by atoms with E-state index in [1.165, 1.54) is 0 Å². The number of aliphatic hydroxyl groups excluding tert-OH is 1. The summed E-state index contributed by atoms with van der Waals surface area (Å²) in [7, 11) is 1.55. The Kier molecular flexibility index (Phi) is 9.90. The molecule has 8 heteroatoms. The van der Waals surface area contributed by atoms with Gasteiger partial charge in [0.05, 0.1) is 18.6 Å². The van der Waals surface area contributed by atoms with E-state index in [0.717, 1.165) is 0 Å². The van der Waals surface area contributed by atoms with Gasteiger partial charge in [0.15, 0.2) is 0 Å². The normalized spacial score (nSPS) is 13.4. The Morgan fingerprint density at radius 3 is 2.00 bits per heavy atom. The van der Waals surface area contributed by atoms with Gasteiger partial charge in [0, 0.05) is 0 Å². The zero-order chi connectivity index (χ0) is 11.8. The number of rotatable bonds is 4. The number of nitrogens with zero attached hydrogens (tertiary/aromatic N) is 1. The molecule has 0 aromatic carbocycles. The van der Waals surface area contributed by atoms with Crippen LogP contribution in [0.5, 0.6) is 0 Å². The van der Waals surface area contributed by atoms with Crippen molar-refractivity contribution in [2.75, 3.05) is 33.6 Å². The fourth-order valence-corrected chi connectivity index (χ4v) is 0.627.